The predicted molar refractivity (Wildman–Crippen MR) is 71.5 cm³/mol. The van der Waals surface area contributed by atoms with E-state index >= 15 is 0 Å². The first-order valence-corrected chi connectivity index (χ1v) is 6.74. The van der Waals surface area contributed by atoms with E-state index in [1.165, 1.54) is 6.42 Å². The van der Waals surface area contributed by atoms with Gasteiger partial charge in [0, 0.05) is 5.92 Å². The predicted octanol–water partition coefficient (Wildman–Crippen LogP) is 3.06. The molecule has 1 saturated carbocycles. The summed E-state index contributed by atoms with van der Waals surface area (Å²) in [4.78, 5) is 11.8. The smallest absolute Gasteiger partial charge is 0.223 e. The van der Waals surface area contributed by atoms with E-state index in [2.05, 4.69) is 5.32 Å². The summed E-state index contributed by atoms with van der Waals surface area (Å²) in [5.41, 5.74) is 1.12. The Kier molecular flexibility index (Phi) is 4.24. The normalized spacial score (nSPS) is 16.8. The molecule has 1 aromatic rings. The van der Waals surface area contributed by atoms with Crippen LogP contribution in [0.4, 0.5) is 0 Å². The number of carbonyl (C=O) groups is 1. The molecule has 1 aliphatic rings. The minimum Gasteiger partial charge on any atom is -0.494 e. The summed E-state index contributed by atoms with van der Waals surface area (Å²) in [6.07, 6.45) is 3.28. The highest BCUT2D eigenvalue weighted by Crippen LogP contribution is 2.27. The van der Waals surface area contributed by atoms with E-state index in [9.17, 15) is 4.79 Å². The molecule has 1 amide bonds. The molecular formula is C15H21NO2. The third kappa shape index (κ3) is 3.03. The molecule has 1 atom stereocenters. The largest absolute Gasteiger partial charge is 0.494 e. The minimum atomic E-state index is 0.0637. The molecule has 1 aromatic carbocycles. The lowest BCUT2D eigenvalue weighted by Crippen LogP contribution is -2.35. The Morgan fingerprint density at radius 1 is 1.39 bits per heavy atom. The number of amides is 1. The first kappa shape index (κ1) is 12.9. The van der Waals surface area contributed by atoms with Crippen molar-refractivity contribution < 1.29 is 9.53 Å². The molecule has 0 unspecified atom stereocenters. The summed E-state index contributed by atoms with van der Waals surface area (Å²) < 4.78 is 5.40. The number of ether oxygens (including phenoxy) is 1. The highest BCUT2D eigenvalue weighted by molar-refractivity contribution is 5.79. The van der Waals surface area contributed by atoms with Crippen LogP contribution in [-0.2, 0) is 4.79 Å². The maximum Gasteiger partial charge on any atom is 0.223 e. The lowest BCUT2D eigenvalue weighted by Gasteiger charge is -2.26. The van der Waals surface area contributed by atoms with Crippen molar-refractivity contribution in [1.29, 1.82) is 0 Å². The number of hydrogen-bond donors (Lipinski definition) is 1. The lowest BCUT2D eigenvalue weighted by molar-refractivity contribution is -0.128. The lowest BCUT2D eigenvalue weighted by atomic mass is 9.84. The summed E-state index contributed by atoms with van der Waals surface area (Å²) in [5.74, 6) is 1.32. The number of rotatable bonds is 5. The van der Waals surface area contributed by atoms with Gasteiger partial charge in [-0.25, -0.2) is 0 Å². The Labute approximate surface area is 109 Å². The van der Waals surface area contributed by atoms with Crippen LogP contribution in [0.3, 0.4) is 0 Å². The molecule has 1 N–H and O–H groups in total. The van der Waals surface area contributed by atoms with Crippen molar-refractivity contribution >= 4 is 5.91 Å². The quantitative estimate of drug-likeness (QED) is 0.868. The zero-order valence-corrected chi connectivity index (χ0v) is 11.1. The van der Waals surface area contributed by atoms with Crippen molar-refractivity contribution in [3.05, 3.63) is 29.8 Å². The van der Waals surface area contributed by atoms with Crippen LogP contribution in [0.2, 0.25) is 0 Å². The fraction of sp³-hybridized carbons (Fsp3) is 0.533. The summed E-state index contributed by atoms with van der Waals surface area (Å²) in [6, 6.07) is 7.98. The van der Waals surface area contributed by atoms with Crippen LogP contribution in [0.15, 0.2) is 24.3 Å². The number of hydrogen-bond acceptors (Lipinski definition) is 2. The molecular weight excluding hydrogens is 226 g/mol. The molecule has 0 saturated heterocycles. The molecule has 0 bridgehead atoms. The first-order chi connectivity index (χ1) is 8.70. The van der Waals surface area contributed by atoms with E-state index in [1.54, 1.807) is 0 Å². The average molecular weight is 247 g/mol. The zero-order chi connectivity index (χ0) is 13.0. The van der Waals surface area contributed by atoms with Gasteiger partial charge in [-0.1, -0.05) is 18.6 Å². The highest BCUT2D eigenvalue weighted by atomic mass is 16.5. The van der Waals surface area contributed by atoms with Gasteiger partial charge in [0.2, 0.25) is 5.91 Å². The van der Waals surface area contributed by atoms with Crippen molar-refractivity contribution in [2.75, 3.05) is 6.61 Å². The standard InChI is InChI=1S/C15H21NO2/c1-3-18-14-9-7-12(8-10-14)11(2)16-15(17)13-5-4-6-13/h7-11,13H,3-6H2,1-2H3,(H,16,17)/t11-/m1/s1. The van der Waals surface area contributed by atoms with Crippen LogP contribution in [0.5, 0.6) is 5.75 Å². The Balaban J connectivity index is 1.91. The van der Waals surface area contributed by atoms with E-state index in [1.807, 2.05) is 38.1 Å². The van der Waals surface area contributed by atoms with Crippen LogP contribution in [0.1, 0.15) is 44.7 Å². The highest BCUT2D eigenvalue weighted by Gasteiger charge is 2.26. The number of benzene rings is 1. The van der Waals surface area contributed by atoms with Gasteiger partial charge in [0.25, 0.3) is 0 Å². The molecule has 98 valence electrons. The van der Waals surface area contributed by atoms with Gasteiger partial charge >= 0.3 is 0 Å². The summed E-state index contributed by atoms with van der Waals surface area (Å²) in [7, 11) is 0. The molecule has 1 fully saturated rings. The van der Waals surface area contributed by atoms with Gasteiger partial charge in [0.1, 0.15) is 5.75 Å². The van der Waals surface area contributed by atoms with Gasteiger partial charge in [0.05, 0.1) is 12.6 Å². The molecule has 0 aliphatic heterocycles. The summed E-state index contributed by atoms with van der Waals surface area (Å²) >= 11 is 0. The third-order valence-corrected chi connectivity index (χ3v) is 3.53. The zero-order valence-electron chi connectivity index (χ0n) is 11.1. The maximum absolute atomic E-state index is 11.8. The molecule has 3 heteroatoms. The van der Waals surface area contributed by atoms with E-state index < -0.39 is 0 Å². The number of carbonyl (C=O) groups excluding carboxylic acids is 1. The Bertz CT molecular complexity index is 395. The Morgan fingerprint density at radius 2 is 2.06 bits per heavy atom. The van der Waals surface area contributed by atoms with E-state index in [-0.39, 0.29) is 17.9 Å². The Morgan fingerprint density at radius 3 is 2.56 bits per heavy atom. The van der Waals surface area contributed by atoms with Gasteiger partial charge in [-0.05, 0) is 44.4 Å². The Hall–Kier alpha value is -1.51. The van der Waals surface area contributed by atoms with Crippen LogP contribution >= 0.6 is 0 Å². The minimum absolute atomic E-state index is 0.0637. The van der Waals surface area contributed by atoms with Gasteiger partial charge in [-0.2, -0.15) is 0 Å². The fourth-order valence-corrected chi connectivity index (χ4v) is 2.10. The molecule has 18 heavy (non-hydrogen) atoms. The van der Waals surface area contributed by atoms with Crippen LogP contribution < -0.4 is 10.1 Å². The topological polar surface area (TPSA) is 38.3 Å². The van der Waals surface area contributed by atoms with Crippen LogP contribution in [-0.4, -0.2) is 12.5 Å². The van der Waals surface area contributed by atoms with Crippen LogP contribution in [0, 0.1) is 5.92 Å². The first-order valence-electron chi connectivity index (χ1n) is 6.74. The van der Waals surface area contributed by atoms with Crippen molar-refractivity contribution in [3.8, 4) is 5.75 Å². The van der Waals surface area contributed by atoms with Crippen molar-refractivity contribution in [2.24, 2.45) is 5.92 Å². The van der Waals surface area contributed by atoms with Crippen molar-refractivity contribution in [2.45, 2.75) is 39.2 Å². The van der Waals surface area contributed by atoms with Gasteiger partial charge in [0.15, 0.2) is 0 Å². The van der Waals surface area contributed by atoms with E-state index in [0.717, 1.165) is 24.2 Å². The van der Waals surface area contributed by atoms with Gasteiger partial charge < -0.3 is 10.1 Å². The molecule has 0 aromatic heterocycles. The SMILES string of the molecule is CCOc1ccc([C@@H](C)NC(=O)C2CCC2)cc1. The van der Waals surface area contributed by atoms with Gasteiger partial charge in [-0.3, -0.25) is 4.79 Å². The van der Waals surface area contributed by atoms with E-state index in [0.29, 0.717) is 6.61 Å². The molecule has 0 spiro atoms. The second kappa shape index (κ2) is 5.89. The summed E-state index contributed by atoms with van der Waals surface area (Å²) in [6.45, 7) is 4.66. The van der Waals surface area contributed by atoms with Crippen molar-refractivity contribution in [1.82, 2.24) is 5.32 Å². The maximum atomic E-state index is 11.8. The number of nitrogens with one attached hydrogen (secondary N) is 1. The van der Waals surface area contributed by atoms with E-state index in [4.69, 9.17) is 4.74 Å². The third-order valence-electron chi connectivity index (χ3n) is 3.53. The fourth-order valence-electron chi connectivity index (χ4n) is 2.10. The van der Waals surface area contributed by atoms with Crippen LogP contribution in [0.25, 0.3) is 0 Å². The van der Waals surface area contributed by atoms with Gasteiger partial charge in [-0.15, -0.1) is 0 Å². The second-order valence-electron chi connectivity index (χ2n) is 4.86. The molecule has 1 aliphatic carbocycles. The molecule has 2 rings (SSSR count). The molecule has 0 heterocycles. The molecule has 0 radical (unpaired) electrons. The average Bonchev–Trinajstić information content (AvgIpc) is 2.27. The van der Waals surface area contributed by atoms with Crippen molar-refractivity contribution in [3.63, 3.8) is 0 Å². The summed E-state index contributed by atoms with van der Waals surface area (Å²) in [5, 5.41) is 3.07. The molecule has 3 nitrogen and oxygen atoms in total. The second-order valence-corrected chi connectivity index (χ2v) is 4.86. The monoisotopic (exact) mass is 247 g/mol.